The first kappa shape index (κ1) is 30.7. The largest absolute Gasteiger partial charge is 0.382 e. The van der Waals surface area contributed by atoms with Crippen molar-refractivity contribution in [2.45, 2.75) is 26.2 Å². The van der Waals surface area contributed by atoms with Gasteiger partial charge in [0.05, 0.1) is 0 Å². The maximum Gasteiger partial charge on any atom is 0.334 e. The molecule has 4 aliphatic rings. The lowest BCUT2D eigenvalue weighted by Gasteiger charge is -2.47. The van der Waals surface area contributed by atoms with Crippen LogP contribution in [0.1, 0.15) is 26.3 Å². The molecule has 13 rings (SSSR count). The number of aromatic nitrogens is 2. The van der Waals surface area contributed by atoms with Crippen molar-refractivity contribution in [3.05, 3.63) is 170 Å². The third kappa shape index (κ3) is 3.77. The van der Waals surface area contributed by atoms with Crippen molar-refractivity contribution < 1.29 is 0 Å². The van der Waals surface area contributed by atoms with E-state index in [1.54, 1.807) is 0 Å². The van der Waals surface area contributed by atoms with Crippen LogP contribution in [0.25, 0.3) is 44.1 Å². The van der Waals surface area contributed by atoms with E-state index in [-0.39, 0.29) is 19.1 Å². The second kappa shape index (κ2) is 10.6. The molecule has 56 heavy (non-hydrogen) atoms. The van der Waals surface area contributed by atoms with Crippen LogP contribution in [0.4, 0.5) is 34.1 Å². The van der Waals surface area contributed by atoms with Crippen LogP contribution in [-0.2, 0) is 5.41 Å². The van der Waals surface area contributed by atoms with Gasteiger partial charge in [0.15, 0.2) is 0 Å². The van der Waals surface area contributed by atoms with Gasteiger partial charge in [-0.1, -0.05) is 118 Å². The number of fused-ring (bicyclic) bond motifs is 9. The van der Waals surface area contributed by atoms with Crippen molar-refractivity contribution in [1.82, 2.24) is 8.96 Å². The highest BCUT2D eigenvalue weighted by Crippen LogP contribution is 2.49. The molecule has 7 aromatic carbocycles. The first-order chi connectivity index (χ1) is 27.5. The van der Waals surface area contributed by atoms with Gasteiger partial charge < -0.3 is 18.8 Å². The molecule has 4 aliphatic heterocycles. The summed E-state index contributed by atoms with van der Waals surface area (Å²) in [4.78, 5) is 5.19. The Morgan fingerprint density at radius 2 is 1.04 bits per heavy atom. The standard InChI is InChI=1S/C50H36B2N4/c1-50(2,3)33-23-24-40-42(29-33)56(35-17-8-5-9-18-35)49-45-39(38-21-11-14-32-25-27-53(48(32)38)51(40)45)30-43-46(49)52-44-36(37-20-10-13-31-26-28-54(52)47(31)37)19-12-22-41(44)55(43)34-15-6-4-7-16-34/h4-30H,1-3H3. The van der Waals surface area contributed by atoms with Gasteiger partial charge in [-0.15, -0.1) is 0 Å². The number of anilines is 6. The Morgan fingerprint density at radius 3 is 1.71 bits per heavy atom. The van der Waals surface area contributed by atoms with Gasteiger partial charge in [-0.3, -0.25) is 0 Å². The Morgan fingerprint density at radius 1 is 0.429 bits per heavy atom. The van der Waals surface area contributed by atoms with Crippen molar-refractivity contribution in [2.75, 3.05) is 9.80 Å². The molecular weight excluding hydrogens is 678 g/mol. The molecule has 4 nitrogen and oxygen atoms in total. The average Bonchev–Trinajstić information content (AvgIpc) is 3.87. The molecule has 0 aliphatic carbocycles. The Balaban J connectivity index is 1.26. The molecule has 6 heteroatoms. The fraction of sp³-hybridized carbons (Fsp3) is 0.0800. The van der Waals surface area contributed by atoms with Gasteiger partial charge in [0.1, 0.15) is 0 Å². The van der Waals surface area contributed by atoms with Crippen LogP contribution in [0, 0.1) is 0 Å². The zero-order chi connectivity index (χ0) is 37.0. The minimum absolute atomic E-state index is 0.00375. The average molecular weight is 714 g/mol. The van der Waals surface area contributed by atoms with E-state index in [4.69, 9.17) is 0 Å². The Hall–Kier alpha value is -6.65. The van der Waals surface area contributed by atoms with Crippen LogP contribution in [-0.4, -0.2) is 22.7 Å². The number of rotatable bonds is 2. The molecule has 0 atom stereocenters. The van der Waals surface area contributed by atoms with Crippen LogP contribution in [0.3, 0.4) is 0 Å². The summed E-state index contributed by atoms with van der Waals surface area (Å²) >= 11 is 0. The molecule has 0 radical (unpaired) electrons. The van der Waals surface area contributed by atoms with E-state index in [1.165, 1.54) is 99.9 Å². The zero-order valence-corrected chi connectivity index (χ0v) is 31.5. The third-order valence-corrected chi connectivity index (χ3v) is 13.0. The normalized spacial score (nSPS) is 14.2. The van der Waals surface area contributed by atoms with Gasteiger partial charge in [-0.25, -0.2) is 0 Å². The van der Waals surface area contributed by atoms with E-state index >= 15 is 0 Å². The lowest BCUT2D eigenvalue weighted by atomic mass is 9.40. The molecule has 262 valence electrons. The van der Waals surface area contributed by atoms with E-state index < -0.39 is 0 Å². The van der Waals surface area contributed by atoms with E-state index in [0.29, 0.717) is 0 Å². The SMILES string of the molecule is CC(C)(C)c1ccc2c(c1)N(c1ccccc1)c1c3c(cc4c1B1c5c(cccc5N4c4ccccc4)-c4cccc5ccn1c45)-c1cccc4ccn(c14)B23. The summed E-state index contributed by atoms with van der Waals surface area (Å²) in [6, 6.07) is 57.2. The van der Waals surface area contributed by atoms with Crippen molar-refractivity contribution in [2.24, 2.45) is 0 Å². The summed E-state index contributed by atoms with van der Waals surface area (Å²) in [6.07, 6.45) is 4.68. The van der Waals surface area contributed by atoms with Crippen molar-refractivity contribution in [3.63, 3.8) is 0 Å². The molecular formula is C50H36B2N4. The number of hydrogen-bond acceptors (Lipinski definition) is 2. The third-order valence-electron chi connectivity index (χ3n) is 13.0. The van der Waals surface area contributed by atoms with Crippen molar-refractivity contribution in [3.8, 4) is 22.3 Å². The molecule has 0 unspecified atom stereocenters. The summed E-state index contributed by atoms with van der Waals surface area (Å²) in [6.45, 7) is 6.95. The van der Waals surface area contributed by atoms with Crippen LogP contribution in [0.5, 0.6) is 0 Å². The highest BCUT2D eigenvalue weighted by Gasteiger charge is 2.50. The minimum atomic E-state index is -0.0510. The Labute approximate surface area is 327 Å². The van der Waals surface area contributed by atoms with Crippen LogP contribution in [0.15, 0.2) is 164 Å². The lowest BCUT2D eigenvalue weighted by Crippen LogP contribution is -2.63. The van der Waals surface area contributed by atoms with Crippen molar-refractivity contribution >= 4 is 91.5 Å². The van der Waals surface area contributed by atoms with E-state index in [1.807, 2.05) is 0 Å². The molecule has 0 fully saturated rings. The predicted octanol–water partition coefficient (Wildman–Crippen LogP) is 9.73. The number of para-hydroxylation sites is 4. The fourth-order valence-corrected chi connectivity index (χ4v) is 10.7. The Kier molecular flexibility index (Phi) is 5.78. The molecule has 9 aromatic rings. The monoisotopic (exact) mass is 714 g/mol. The number of nitrogens with zero attached hydrogens (tertiary/aromatic N) is 4. The lowest BCUT2D eigenvalue weighted by molar-refractivity contribution is 0.590. The van der Waals surface area contributed by atoms with E-state index in [2.05, 4.69) is 204 Å². The molecule has 0 N–H and O–H groups in total. The van der Waals surface area contributed by atoms with Gasteiger partial charge in [-0.2, -0.15) is 0 Å². The predicted molar refractivity (Wildman–Crippen MR) is 237 cm³/mol. The quantitative estimate of drug-likeness (QED) is 0.166. The van der Waals surface area contributed by atoms with Gasteiger partial charge in [0.25, 0.3) is 0 Å². The first-order valence-electron chi connectivity index (χ1n) is 19.8. The molecule has 2 aromatic heterocycles. The summed E-state index contributed by atoms with van der Waals surface area (Å²) in [5, 5.41) is 2.55. The first-order valence-corrected chi connectivity index (χ1v) is 19.8. The van der Waals surface area contributed by atoms with Gasteiger partial charge in [-0.05, 0) is 122 Å². The van der Waals surface area contributed by atoms with Gasteiger partial charge in [0.2, 0.25) is 0 Å². The summed E-state index contributed by atoms with van der Waals surface area (Å²) in [5.74, 6) is 0. The minimum Gasteiger partial charge on any atom is -0.382 e. The highest BCUT2D eigenvalue weighted by atomic mass is 15.2. The van der Waals surface area contributed by atoms with Crippen molar-refractivity contribution in [1.29, 1.82) is 0 Å². The molecule has 0 amide bonds. The van der Waals surface area contributed by atoms with Crippen LogP contribution >= 0.6 is 0 Å². The summed E-state index contributed by atoms with van der Waals surface area (Å²) in [7, 11) is 0. The van der Waals surface area contributed by atoms with E-state index in [9.17, 15) is 0 Å². The molecule has 0 bridgehead atoms. The number of hydrogen-bond donors (Lipinski definition) is 0. The zero-order valence-electron chi connectivity index (χ0n) is 31.5. The molecule has 0 saturated heterocycles. The van der Waals surface area contributed by atoms with Gasteiger partial charge in [0, 0.05) is 56.3 Å². The fourth-order valence-electron chi connectivity index (χ4n) is 10.7. The smallest absolute Gasteiger partial charge is 0.334 e. The van der Waals surface area contributed by atoms with E-state index in [0.717, 1.165) is 5.69 Å². The second-order valence-corrected chi connectivity index (χ2v) is 17.0. The Bertz CT molecular complexity index is 3150. The molecule has 6 heterocycles. The van der Waals surface area contributed by atoms with Crippen LogP contribution < -0.4 is 31.7 Å². The van der Waals surface area contributed by atoms with Gasteiger partial charge >= 0.3 is 13.7 Å². The van der Waals surface area contributed by atoms with Crippen LogP contribution in [0.2, 0.25) is 0 Å². The summed E-state index contributed by atoms with van der Waals surface area (Å²) in [5.41, 5.74) is 21.8. The molecule has 0 spiro atoms. The maximum absolute atomic E-state index is 2.63. The maximum atomic E-state index is 2.63. The second-order valence-electron chi connectivity index (χ2n) is 17.0. The number of benzene rings is 7. The molecule has 0 saturated carbocycles. The highest BCUT2D eigenvalue weighted by molar-refractivity contribution is 6.94. The topological polar surface area (TPSA) is 16.3 Å². The summed E-state index contributed by atoms with van der Waals surface area (Å²) < 4.78 is 5.16.